The Hall–Kier alpha value is -2.97. The Labute approximate surface area is 318 Å². The van der Waals surface area contributed by atoms with E-state index in [1.165, 1.54) is 64.2 Å². The number of rotatable bonds is 35. The minimum Gasteiger partial charge on any atom is -0.477 e. The second-order valence-corrected chi connectivity index (χ2v) is 14.6. The molecular weight excluding hydrogens is 654 g/mol. The fourth-order valence-electron chi connectivity index (χ4n) is 5.57. The van der Waals surface area contributed by atoms with Crippen molar-refractivity contribution in [2.24, 2.45) is 0 Å². The number of aliphatic carboxylic acids is 1. The van der Waals surface area contributed by atoms with Gasteiger partial charge < -0.3 is 23.8 Å². The monoisotopic (exact) mass is 731 g/mol. The van der Waals surface area contributed by atoms with Crippen LogP contribution in [0.5, 0.6) is 0 Å². The van der Waals surface area contributed by atoms with Crippen LogP contribution in [0.25, 0.3) is 0 Å². The summed E-state index contributed by atoms with van der Waals surface area (Å²) in [5, 5.41) is 9.59. The molecule has 0 heterocycles. The van der Waals surface area contributed by atoms with E-state index in [9.17, 15) is 19.5 Å². The Balaban J connectivity index is 4.46. The molecule has 0 fully saturated rings. The number of carbonyl (C=O) groups excluding carboxylic acids is 2. The van der Waals surface area contributed by atoms with Gasteiger partial charge in [0.25, 0.3) is 0 Å². The maximum Gasteiger partial charge on any atom is 0.362 e. The zero-order valence-corrected chi connectivity index (χ0v) is 33.7. The maximum absolute atomic E-state index is 12.7. The quantitative estimate of drug-likeness (QED) is 0.0228. The Morgan fingerprint density at radius 3 is 1.67 bits per heavy atom. The second-order valence-electron chi connectivity index (χ2n) is 14.6. The Kier molecular flexibility index (Phi) is 33.1. The molecule has 2 unspecified atom stereocenters. The molecule has 1 N–H and O–H groups in total. The molecule has 0 aromatic rings. The molecule has 8 nitrogen and oxygen atoms in total. The van der Waals surface area contributed by atoms with Crippen LogP contribution in [0.3, 0.4) is 0 Å². The number of carbonyl (C=O) groups is 3. The third kappa shape index (κ3) is 32.9. The van der Waals surface area contributed by atoms with Crippen LogP contribution in [0.2, 0.25) is 0 Å². The van der Waals surface area contributed by atoms with Gasteiger partial charge >= 0.3 is 17.9 Å². The van der Waals surface area contributed by atoms with Crippen LogP contribution in [0.15, 0.2) is 60.8 Å². The highest BCUT2D eigenvalue weighted by Crippen LogP contribution is 2.13. The maximum atomic E-state index is 12.7. The van der Waals surface area contributed by atoms with Gasteiger partial charge in [0, 0.05) is 19.3 Å². The zero-order chi connectivity index (χ0) is 38.5. The van der Waals surface area contributed by atoms with E-state index in [2.05, 4.69) is 38.2 Å². The van der Waals surface area contributed by atoms with E-state index in [-0.39, 0.29) is 42.7 Å². The molecule has 0 saturated carbocycles. The van der Waals surface area contributed by atoms with Gasteiger partial charge in [-0.2, -0.15) is 0 Å². The molecule has 0 aliphatic rings. The van der Waals surface area contributed by atoms with E-state index in [4.69, 9.17) is 14.2 Å². The van der Waals surface area contributed by atoms with E-state index < -0.39 is 18.1 Å². The number of nitrogens with zero attached hydrogens (tertiary/aromatic N) is 1. The van der Waals surface area contributed by atoms with Gasteiger partial charge in [0.15, 0.2) is 12.1 Å². The van der Waals surface area contributed by atoms with Crippen LogP contribution in [0, 0.1) is 0 Å². The van der Waals surface area contributed by atoms with Crippen LogP contribution in [-0.4, -0.2) is 80.6 Å². The first-order valence-electron chi connectivity index (χ1n) is 20.4. The molecule has 0 aliphatic carbocycles. The molecule has 0 radical (unpaired) electrons. The van der Waals surface area contributed by atoms with Gasteiger partial charge in [-0.1, -0.05) is 132 Å². The van der Waals surface area contributed by atoms with Crippen molar-refractivity contribution in [2.75, 3.05) is 41.0 Å². The fourth-order valence-corrected chi connectivity index (χ4v) is 5.57. The number of quaternary nitrogens is 1. The lowest BCUT2D eigenvalue weighted by Gasteiger charge is -2.31. The predicted octanol–water partition coefficient (Wildman–Crippen LogP) is 10.6. The second kappa shape index (κ2) is 35.1. The summed E-state index contributed by atoms with van der Waals surface area (Å²) >= 11 is 0. The van der Waals surface area contributed by atoms with Crippen molar-refractivity contribution in [1.82, 2.24) is 0 Å². The standard InChI is InChI=1S/C44H75NO7/c1-6-8-10-12-14-16-18-20-21-23-24-26-28-30-32-34-42(46)51-39-40(38-50-37-36-41(44(48)49)45(3,4)5)52-43(47)35-33-31-29-27-25-22-19-17-15-13-11-9-7-2/h9,11,13,15-19,22,25,40-41H,6-8,10,12,14,20-21,23-24,26-39H2,1-5H3/p+1/b11-9+,15-13+,18-16+,19-17+,25-22+. The number of hydrogen-bond acceptors (Lipinski definition) is 6. The van der Waals surface area contributed by atoms with E-state index in [1.54, 1.807) is 0 Å². The molecule has 0 rings (SSSR count). The summed E-state index contributed by atoms with van der Waals surface area (Å²) in [7, 11) is 5.50. The minimum atomic E-state index is -0.885. The van der Waals surface area contributed by atoms with Crippen molar-refractivity contribution in [3.8, 4) is 0 Å². The SMILES string of the molecule is CC/C=C/C=C/C=C/C=C/CCCCCC(=O)OC(COCCC(C(=O)O)[N+](C)(C)C)COC(=O)CCCCCCCCC/C=C/CCCCCC. The van der Waals surface area contributed by atoms with Crippen LogP contribution < -0.4 is 0 Å². The summed E-state index contributed by atoms with van der Waals surface area (Å²) in [6, 6.07) is -0.624. The Bertz CT molecular complexity index is 1040. The molecule has 0 spiro atoms. The highest BCUT2D eigenvalue weighted by Gasteiger charge is 2.31. The molecule has 52 heavy (non-hydrogen) atoms. The predicted molar refractivity (Wildman–Crippen MR) is 215 cm³/mol. The van der Waals surface area contributed by atoms with Gasteiger partial charge in [0.1, 0.15) is 6.61 Å². The average Bonchev–Trinajstić information content (AvgIpc) is 3.09. The molecule has 0 bridgehead atoms. The van der Waals surface area contributed by atoms with E-state index in [0.29, 0.717) is 19.3 Å². The smallest absolute Gasteiger partial charge is 0.362 e. The number of carboxylic acid groups (broad SMARTS) is 1. The summed E-state index contributed by atoms with van der Waals surface area (Å²) < 4.78 is 17.2. The molecule has 8 heteroatoms. The highest BCUT2D eigenvalue weighted by molar-refractivity contribution is 5.72. The number of carboxylic acids is 1. The first-order valence-corrected chi connectivity index (χ1v) is 20.4. The molecule has 0 aromatic heterocycles. The average molecular weight is 731 g/mol. The van der Waals surface area contributed by atoms with Crippen LogP contribution in [-0.2, 0) is 28.6 Å². The number of likely N-dealkylation sites (N-methyl/N-ethyl adjacent to an activating group) is 1. The van der Waals surface area contributed by atoms with E-state index in [1.807, 2.05) is 57.6 Å². The van der Waals surface area contributed by atoms with E-state index in [0.717, 1.165) is 44.9 Å². The lowest BCUT2D eigenvalue weighted by Crippen LogP contribution is -2.50. The number of ether oxygens (including phenoxy) is 3. The molecule has 0 amide bonds. The molecular formula is C44H76NO7+. The molecule has 2 atom stereocenters. The van der Waals surface area contributed by atoms with Gasteiger partial charge in [0.2, 0.25) is 0 Å². The van der Waals surface area contributed by atoms with Crippen molar-refractivity contribution in [3.63, 3.8) is 0 Å². The molecule has 0 saturated heterocycles. The third-order valence-electron chi connectivity index (χ3n) is 8.75. The lowest BCUT2D eigenvalue weighted by molar-refractivity contribution is -0.887. The minimum absolute atomic E-state index is 0.0413. The normalized spacial score (nSPS) is 13.6. The fraction of sp³-hybridized carbons (Fsp3) is 0.705. The Morgan fingerprint density at radius 2 is 1.10 bits per heavy atom. The van der Waals surface area contributed by atoms with Crippen LogP contribution in [0.1, 0.15) is 149 Å². The Morgan fingerprint density at radius 1 is 0.596 bits per heavy atom. The zero-order valence-electron chi connectivity index (χ0n) is 33.7. The highest BCUT2D eigenvalue weighted by atomic mass is 16.6. The first-order chi connectivity index (χ1) is 25.1. The van der Waals surface area contributed by atoms with Crippen molar-refractivity contribution in [3.05, 3.63) is 60.8 Å². The van der Waals surface area contributed by atoms with Crippen molar-refractivity contribution in [1.29, 1.82) is 0 Å². The summed E-state index contributed by atoms with van der Waals surface area (Å²) in [4.78, 5) is 36.8. The van der Waals surface area contributed by atoms with Crippen molar-refractivity contribution in [2.45, 2.75) is 161 Å². The number of allylic oxidation sites excluding steroid dienone is 10. The number of unbranched alkanes of at least 4 members (excludes halogenated alkanes) is 14. The number of esters is 2. The van der Waals surface area contributed by atoms with Gasteiger partial charge in [-0.15, -0.1) is 0 Å². The largest absolute Gasteiger partial charge is 0.477 e. The van der Waals surface area contributed by atoms with Crippen LogP contribution >= 0.6 is 0 Å². The van der Waals surface area contributed by atoms with Crippen molar-refractivity contribution >= 4 is 17.9 Å². The number of hydrogen-bond donors (Lipinski definition) is 1. The molecule has 0 aromatic carbocycles. The molecule has 298 valence electrons. The van der Waals surface area contributed by atoms with Gasteiger partial charge in [-0.3, -0.25) is 9.59 Å². The topological polar surface area (TPSA) is 99.1 Å². The summed E-state index contributed by atoms with van der Waals surface area (Å²) in [5.41, 5.74) is 0. The van der Waals surface area contributed by atoms with Crippen molar-refractivity contribution < 1.29 is 38.2 Å². The van der Waals surface area contributed by atoms with Crippen LogP contribution in [0.4, 0.5) is 0 Å². The lowest BCUT2D eigenvalue weighted by atomic mass is 10.1. The summed E-state index contributed by atoms with van der Waals surface area (Å²) in [6.07, 6.45) is 41.2. The van der Waals surface area contributed by atoms with Gasteiger partial charge in [-0.25, -0.2) is 4.79 Å². The summed E-state index contributed by atoms with van der Waals surface area (Å²) in [5.74, 6) is -1.53. The third-order valence-corrected chi connectivity index (χ3v) is 8.75. The van der Waals surface area contributed by atoms with Gasteiger partial charge in [0.05, 0.1) is 34.4 Å². The first kappa shape index (κ1) is 49.0. The van der Waals surface area contributed by atoms with Gasteiger partial charge in [-0.05, 0) is 57.8 Å². The summed E-state index contributed by atoms with van der Waals surface area (Å²) in [6.45, 7) is 4.51. The molecule has 0 aliphatic heterocycles. The van der Waals surface area contributed by atoms with E-state index >= 15 is 0 Å².